The maximum absolute atomic E-state index is 12.5. The minimum atomic E-state index is -0.588. The summed E-state index contributed by atoms with van der Waals surface area (Å²) in [6.45, 7) is 1.42. The summed E-state index contributed by atoms with van der Waals surface area (Å²) < 4.78 is 15.7. The molecule has 34 heavy (non-hydrogen) atoms. The first-order chi connectivity index (χ1) is 16.4. The fourth-order valence-electron chi connectivity index (χ4n) is 3.24. The molecular weight excluding hydrogens is 436 g/mol. The van der Waals surface area contributed by atoms with E-state index in [1.807, 2.05) is 18.2 Å². The van der Waals surface area contributed by atoms with Gasteiger partial charge in [0.2, 0.25) is 5.91 Å². The molecular formula is C26H26N2O6. The second-order valence-corrected chi connectivity index (χ2v) is 7.38. The van der Waals surface area contributed by atoms with Crippen LogP contribution in [0.25, 0.3) is 0 Å². The fourth-order valence-corrected chi connectivity index (χ4v) is 3.24. The molecule has 0 saturated heterocycles. The predicted octanol–water partition coefficient (Wildman–Crippen LogP) is 5.09. The number of nitrogens with one attached hydrogen (secondary N) is 2. The van der Waals surface area contributed by atoms with Crippen LogP contribution in [0.1, 0.15) is 29.3 Å². The highest BCUT2D eigenvalue weighted by Crippen LogP contribution is 2.33. The van der Waals surface area contributed by atoms with Crippen LogP contribution in [-0.4, -0.2) is 32.0 Å². The number of anilines is 2. The van der Waals surface area contributed by atoms with E-state index in [-0.39, 0.29) is 18.1 Å². The maximum Gasteiger partial charge on any atom is 0.417 e. The zero-order valence-corrected chi connectivity index (χ0v) is 19.2. The summed E-state index contributed by atoms with van der Waals surface area (Å²) in [6, 6.07) is 19.0. The molecule has 0 aliphatic heterocycles. The van der Waals surface area contributed by atoms with Crippen LogP contribution < -0.4 is 24.8 Å². The second-order valence-electron chi connectivity index (χ2n) is 7.38. The number of ether oxygens (including phenoxy) is 3. The number of carbonyl (C=O) groups excluding carboxylic acids is 3. The minimum Gasteiger partial charge on any atom is -0.493 e. The Bertz CT molecular complexity index is 1160. The first kappa shape index (κ1) is 24.3. The zero-order chi connectivity index (χ0) is 24.5. The molecule has 3 aromatic carbocycles. The van der Waals surface area contributed by atoms with Crippen LogP contribution in [0.5, 0.6) is 17.2 Å². The van der Waals surface area contributed by atoms with Gasteiger partial charge in [0.25, 0.3) is 0 Å². The van der Waals surface area contributed by atoms with Crippen LogP contribution in [0, 0.1) is 0 Å². The number of aryl methyl sites for hydroxylation is 1. The number of methoxy groups -OCH3 is 2. The second kappa shape index (κ2) is 11.5. The number of hydrogen-bond acceptors (Lipinski definition) is 6. The molecule has 0 spiro atoms. The molecule has 176 valence electrons. The maximum atomic E-state index is 12.5. The van der Waals surface area contributed by atoms with E-state index < -0.39 is 6.09 Å². The third kappa shape index (κ3) is 6.59. The lowest BCUT2D eigenvalue weighted by Gasteiger charge is -2.14. The molecule has 0 fully saturated rings. The van der Waals surface area contributed by atoms with Crippen molar-refractivity contribution in [3.63, 3.8) is 0 Å². The van der Waals surface area contributed by atoms with E-state index in [2.05, 4.69) is 10.6 Å². The Hall–Kier alpha value is -4.33. The number of benzene rings is 3. The monoisotopic (exact) mass is 462 g/mol. The Morgan fingerprint density at radius 1 is 0.824 bits per heavy atom. The predicted molar refractivity (Wildman–Crippen MR) is 129 cm³/mol. The molecule has 0 heterocycles. The number of carbonyl (C=O) groups is 3. The van der Waals surface area contributed by atoms with Crippen LogP contribution in [0.15, 0.2) is 66.7 Å². The third-order valence-corrected chi connectivity index (χ3v) is 4.97. The SMILES string of the molecule is COc1cc(NC(=O)CCc2ccc(NC(=O)Oc3ccccc3)cc2)c(C(C)=O)cc1OC. The summed E-state index contributed by atoms with van der Waals surface area (Å²) >= 11 is 0. The zero-order valence-electron chi connectivity index (χ0n) is 19.2. The molecule has 2 amide bonds. The average Bonchev–Trinajstić information content (AvgIpc) is 2.83. The van der Waals surface area contributed by atoms with Gasteiger partial charge in [-0.15, -0.1) is 0 Å². The number of ketones is 1. The van der Waals surface area contributed by atoms with Crippen LogP contribution in [0.3, 0.4) is 0 Å². The Kier molecular flexibility index (Phi) is 8.23. The molecule has 8 heteroatoms. The van der Waals surface area contributed by atoms with Gasteiger partial charge in [-0.2, -0.15) is 0 Å². The molecule has 2 N–H and O–H groups in total. The van der Waals surface area contributed by atoms with E-state index in [0.717, 1.165) is 5.56 Å². The van der Waals surface area contributed by atoms with Crippen molar-refractivity contribution in [2.45, 2.75) is 19.8 Å². The molecule has 8 nitrogen and oxygen atoms in total. The van der Waals surface area contributed by atoms with Crippen molar-refractivity contribution in [3.8, 4) is 17.2 Å². The van der Waals surface area contributed by atoms with E-state index >= 15 is 0 Å². The van der Waals surface area contributed by atoms with E-state index in [1.165, 1.54) is 21.1 Å². The van der Waals surface area contributed by atoms with Crippen molar-refractivity contribution < 1.29 is 28.6 Å². The number of amides is 2. The highest BCUT2D eigenvalue weighted by molar-refractivity contribution is 6.04. The van der Waals surface area contributed by atoms with Crippen LogP contribution in [-0.2, 0) is 11.2 Å². The Morgan fingerprint density at radius 2 is 1.47 bits per heavy atom. The van der Waals surface area contributed by atoms with Crippen LogP contribution in [0.4, 0.5) is 16.2 Å². The minimum absolute atomic E-state index is 0.203. The van der Waals surface area contributed by atoms with Crippen molar-refractivity contribution in [3.05, 3.63) is 77.9 Å². The highest BCUT2D eigenvalue weighted by atomic mass is 16.6. The lowest BCUT2D eigenvalue weighted by atomic mass is 10.1. The smallest absolute Gasteiger partial charge is 0.417 e. The fraction of sp³-hybridized carbons (Fsp3) is 0.192. The normalized spacial score (nSPS) is 10.2. The van der Waals surface area contributed by atoms with Gasteiger partial charge >= 0.3 is 6.09 Å². The van der Waals surface area contributed by atoms with Crippen molar-refractivity contribution in [1.29, 1.82) is 0 Å². The van der Waals surface area contributed by atoms with Gasteiger partial charge in [-0.05, 0) is 49.2 Å². The number of Topliss-reactive ketones (excluding diaryl/α,β-unsaturated/α-hetero) is 1. The van der Waals surface area contributed by atoms with E-state index in [9.17, 15) is 14.4 Å². The van der Waals surface area contributed by atoms with Gasteiger partial charge < -0.3 is 19.5 Å². The third-order valence-electron chi connectivity index (χ3n) is 4.97. The van der Waals surface area contributed by atoms with Crippen LogP contribution in [0.2, 0.25) is 0 Å². The lowest BCUT2D eigenvalue weighted by Crippen LogP contribution is -2.16. The number of para-hydroxylation sites is 1. The summed E-state index contributed by atoms with van der Waals surface area (Å²) in [6.07, 6.45) is 0.0900. The molecule has 0 atom stereocenters. The van der Waals surface area contributed by atoms with Crippen molar-refractivity contribution >= 4 is 29.2 Å². The van der Waals surface area contributed by atoms with Gasteiger partial charge in [-0.3, -0.25) is 14.9 Å². The topological polar surface area (TPSA) is 103 Å². The Labute approximate surface area is 197 Å². The lowest BCUT2D eigenvalue weighted by molar-refractivity contribution is -0.116. The summed E-state index contributed by atoms with van der Waals surface area (Å²) in [5, 5.41) is 5.44. The Morgan fingerprint density at radius 3 is 2.09 bits per heavy atom. The molecule has 0 bridgehead atoms. The number of hydrogen-bond donors (Lipinski definition) is 2. The standard InChI is InChI=1S/C26H26N2O6/c1-17(29)21-15-23(32-2)24(33-3)16-22(21)28-25(30)14-11-18-9-12-19(13-10-18)27-26(31)34-20-7-5-4-6-8-20/h4-10,12-13,15-16H,11,14H2,1-3H3,(H,27,31)(H,28,30). The van der Waals surface area contributed by atoms with E-state index in [1.54, 1.807) is 48.5 Å². The molecule has 0 radical (unpaired) electrons. The van der Waals surface area contributed by atoms with E-state index in [0.29, 0.717) is 40.6 Å². The van der Waals surface area contributed by atoms with Gasteiger partial charge in [0.15, 0.2) is 17.3 Å². The summed E-state index contributed by atoms with van der Waals surface area (Å²) in [7, 11) is 2.96. The highest BCUT2D eigenvalue weighted by Gasteiger charge is 2.16. The summed E-state index contributed by atoms with van der Waals surface area (Å²) in [5.74, 6) is 0.822. The van der Waals surface area contributed by atoms with Crippen molar-refractivity contribution in [2.75, 3.05) is 24.9 Å². The number of rotatable bonds is 9. The quantitative estimate of drug-likeness (QED) is 0.430. The van der Waals surface area contributed by atoms with Gasteiger partial charge in [-0.1, -0.05) is 30.3 Å². The summed E-state index contributed by atoms with van der Waals surface area (Å²) in [4.78, 5) is 36.5. The van der Waals surface area contributed by atoms with Gasteiger partial charge in [-0.25, -0.2) is 4.79 Å². The van der Waals surface area contributed by atoms with Gasteiger partial charge in [0.1, 0.15) is 5.75 Å². The Balaban J connectivity index is 1.56. The first-order valence-corrected chi connectivity index (χ1v) is 10.6. The van der Waals surface area contributed by atoms with Crippen molar-refractivity contribution in [1.82, 2.24) is 0 Å². The molecule has 0 aromatic heterocycles. The molecule has 0 aliphatic rings. The van der Waals surface area contributed by atoms with Gasteiger partial charge in [0.05, 0.1) is 19.9 Å². The molecule has 0 saturated carbocycles. The molecule has 3 aromatic rings. The first-order valence-electron chi connectivity index (χ1n) is 10.6. The van der Waals surface area contributed by atoms with E-state index in [4.69, 9.17) is 14.2 Å². The molecule has 3 rings (SSSR count). The molecule has 0 aliphatic carbocycles. The van der Waals surface area contributed by atoms with Gasteiger partial charge in [0, 0.05) is 23.7 Å². The average molecular weight is 463 g/mol. The molecule has 0 unspecified atom stereocenters. The largest absolute Gasteiger partial charge is 0.493 e. The summed E-state index contributed by atoms with van der Waals surface area (Å²) in [5.41, 5.74) is 2.19. The van der Waals surface area contributed by atoms with Crippen LogP contribution >= 0.6 is 0 Å². The van der Waals surface area contributed by atoms with Crippen molar-refractivity contribution in [2.24, 2.45) is 0 Å².